The van der Waals surface area contributed by atoms with Crippen molar-refractivity contribution >= 4 is 5.69 Å². The van der Waals surface area contributed by atoms with Gasteiger partial charge < -0.3 is 24.2 Å². The van der Waals surface area contributed by atoms with Crippen LogP contribution in [0.15, 0.2) is 47.0 Å². The molecule has 7 nitrogen and oxygen atoms in total. The summed E-state index contributed by atoms with van der Waals surface area (Å²) in [4.78, 5) is 5.08. The van der Waals surface area contributed by atoms with Gasteiger partial charge in [-0.15, -0.1) is 0 Å². The van der Waals surface area contributed by atoms with E-state index in [0.29, 0.717) is 6.54 Å². The number of rotatable bonds is 8. The van der Waals surface area contributed by atoms with Crippen LogP contribution in [0.1, 0.15) is 23.3 Å². The number of fused-ring (bicyclic) bond motifs is 1. The highest BCUT2D eigenvalue weighted by Gasteiger charge is 2.18. The summed E-state index contributed by atoms with van der Waals surface area (Å²) in [5.74, 6) is 2.37. The van der Waals surface area contributed by atoms with Crippen molar-refractivity contribution < 1.29 is 14.0 Å². The van der Waals surface area contributed by atoms with E-state index in [9.17, 15) is 0 Å². The molecule has 0 radical (unpaired) electrons. The summed E-state index contributed by atoms with van der Waals surface area (Å²) >= 11 is 0. The van der Waals surface area contributed by atoms with Crippen molar-refractivity contribution in [3.63, 3.8) is 0 Å². The fourth-order valence-corrected chi connectivity index (χ4v) is 4.60. The Balaban J connectivity index is 1.02. The molecule has 0 spiro atoms. The maximum absolute atomic E-state index is 5.51. The fourth-order valence-electron chi connectivity index (χ4n) is 4.60. The van der Waals surface area contributed by atoms with Gasteiger partial charge in [0, 0.05) is 43.5 Å². The number of nitrogens with one attached hydrogen (secondary N) is 1. The standard InChI is InChI=1S/C26H32N4O3/c1-19-4-6-24(20(2)14-19)30-12-10-29(11-13-30)9-3-8-27-17-22-16-23(28-33-22)21-5-7-25-26(15-21)32-18-31-25/h4-7,14-16,27H,3,8-13,17-18H2,1-2H3. The Hall–Kier alpha value is -3.03. The molecule has 3 aromatic rings. The molecule has 1 aromatic heterocycles. The first-order valence-corrected chi connectivity index (χ1v) is 11.8. The number of nitrogens with zero attached hydrogens (tertiary/aromatic N) is 3. The first kappa shape index (κ1) is 21.8. The zero-order valence-corrected chi connectivity index (χ0v) is 19.5. The van der Waals surface area contributed by atoms with Crippen LogP contribution in [-0.4, -0.2) is 56.1 Å². The second-order valence-corrected chi connectivity index (χ2v) is 8.90. The van der Waals surface area contributed by atoms with Gasteiger partial charge in [0.25, 0.3) is 0 Å². The third kappa shape index (κ3) is 5.15. The summed E-state index contributed by atoms with van der Waals surface area (Å²) in [7, 11) is 0. The number of hydrogen-bond acceptors (Lipinski definition) is 7. The maximum atomic E-state index is 5.51. The Morgan fingerprint density at radius 2 is 1.79 bits per heavy atom. The molecule has 0 amide bonds. The Labute approximate surface area is 195 Å². The molecular formula is C26H32N4O3. The topological polar surface area (TPSA) is 63.0 Å². The minimum Gasteiger partial charge on any atom is -0.454 e. The van der Waals surface area contributed by atoms with Crippen molar-refractivity contribution in [2.75, 3.05) is 51.0 Å². The van der Waals surface area contributed by atoms with E-state index < -0.39 is 0 Å². The molecule has 3 heterocycles. The van der Waals surface area contributed by atoms with Gasteiger partial charge in [-0.1, -0.05) is 22.9 Å². The third-order valence-corrected chi connectivity index (χ3v) is 6.42. The summed E-state index contributed by atoms with van der Waals surface area (Å²) in [5, 5.41) is 7.68. The van der Waals surface area contributed by atoms with Gasteiger partial charge in [0.05, 0.1) is 6.54 Å². The van der Waals surface area contributed by atoms with Crippen LogP contribution in [0.5, 0.6) is 11.5 Å². The molecule has 1 saturated heterocycles. The summed E-state index contributed by atoms with van der Waals surface area (Å²) < 4.78 is 16.3. The number of benzene rings is 2. The van der Waals surface area contributed by atoms with E-state index in [1.54, 1.807) is 0 Å². The largest absolute Gasteiger partial charge is 0.454 e. The van der Waals surface area contributed by atoms with Gasteiger partial charge in [-0.2, -0.15) is 0 Å². The highest BCUT2D eigenvalue weighted by Crippen LogP contribution is 2.35. The van der Waals surface area contributed by atoms with E-state index in [1.807, 2.05) is 24.3 Å². The van der Waals surface area contributed by atoms with Crippen LogP contribution in [-0.2, 0) is 6.54 Å². The van der Waals surface area contributed by atoms with E-state index in [4.69, 9.17) is 14.0 Å². The van der Waals surface area contributed by atoms with Crippen LogP contribution in [0, 0.1) is 13.8 Å². The van der Waals surface area contributed by atoms with E-state index in [-0.39, 0.29) is 6.79 Å². The van der Waals surface area contributed by atoms with E-state index in [0.717, 1.165) is 74.2 Å². The van der Waals surface area contributed by atoms with Gasteiger partial charge >= 0.3 is 0 Å². The maximum Gasteiger partial charge on any atom is 0.231 e. The number of aryl methyl sites for hydroxylation is 2. The second kappa shape index (κ2) is 9.85. The lowest BCUT2D eigenvalue weighted by molar-refractivity contribution is 0.174. The Morgan fingerprint density at radius 1 is 0.939 bits per heavy atom. The molecule has 0 aliphatic carbocycles. The molecule has 0 saturated carbocycles. The molecule has 1 N–H and O–H groups in total. The summed E-state index contributed by atoms with van der Waals surface area (Å²) in [6.07, 6.45) is 1.12. The van der Waals surface area contributed by atoms with Crippen LogP contribution >= 0.6 is 0 Å². The predicted octanol–water partition coefficient (Wildman–Crippen LogP) is 3.99. The Bertz CT molecular complexity index is 1090. The molecule has 0 atom stereocenters. The quantitative estimate of drug-likeness (QED) is 0.523. The van der Waals surface area contributed by atoms with Gasteiger partial charge in [0.2, 0.25) is 6.79 Å². The number of anilines is 1. The van der Waals surface area contributed by atoms with Gasteiger partial charge in [-0.05, 0) is 63.2 Å². The van der Waals surface area contributed by atoms with Crippen molar-refractivity contribution in [2.45, 2.75) is 26.8 Å². The SMILES string of the molecule is Cc1ccc(N2CCN(CCCNCc3cc(-c4ccc5c(c4)OCO5)no3)CC2)c(C)c1. The van der Waals surface area contributed by atoms with E-state index in [2.05, 4.69) is 52.3 Å². The first-order valence-electron chi connectivity index (χ1n) is 11.8. The van der Waals surface area contributed by atoms with E-state index in [1.165, 1.54) is 16.8 Å². The van der Waals surface area contributed by atoms with Crippen LogP contribution in [0.25, 0.3) is 11.3 Å². The molecule has 174 valence electrons. The minimum absolute atomic E-state index is 0.273. The number of piperazine rings is 1. The lowest BCUT2D eigenvalue weighted by atomic mass is 10.1. The normalized spacial score (nSPS) is 15.9. The minimum atomic E-state index is 0.273. The number of aromatic nitrogens is 1. The molecule has 2 aromatic carbocycles. The third-order valence-electron chi connectivity index (χ3n) is 6.42. The Kier molecular flexibility index (Phi) is 6.51. The average molecular weight is 449 g/mol. The molecule has 2 aliphatic rings. The zero-order chi connectivity index (χ0) is 22.6. The molecule has 5 rings (SSSR count). The van der Waals surface area contributed by atoms with Crippen molar-refractivity contribution in [2.24, 2.45) is 0 Å². The molecule has 33 heavy (non-hydrogen) atoms. The Morgan fingerprint density at radius 3 is 2.64 bits per heavy atom. The summed E-state index contributed by atoms with van der Waals surface area (Å²) in [5.41, 5.74) is 5.87. The molecular weight excluding hydrogens is 416 g/mol. The van der Waals surface area contributed by atoms with Crippen molar-refractivity contribution in [3.8, 4) is 22.8 Å². The van der Waals surface area contributed by atoms with Crippen molar-refractivity contribution in [3.05, 3.63) is 59.4 Å². The monoisotopic (exact) mass is 448 g/mol. The molecule has 0 unspecified atom stereocenters. The highest BCUT2D eigenvalue weighted by atomic mass is 16.7. The molecule has 0 bridgehead atoms. The average Bonchev–Trinajstić information content (AvgIpc) is 3.48. The van der Waals surface area contributed by atoms with Crippen LogP contribution in [0.2, 0.25) is 0 Å². The lowest BCUT2D eigenvalue weighted by Crippen LogP contribution is -2.47. The van der Waals surface area contributed by atoms with Crippen molar-refractivity contribution in [1.82, 2.24) is 15.4 Å². The molecule has 1 fully saturated rings. The fraction of sp³-hybridized carbons (Fsp3) is 0.423. The van der Waals surface area contributed by atoms with E-state index >= 15 is 0 Å². The zero-order valence-electron chi connectivity index (χ0n) is 19.5. The summed E-state index contributed by atoms with van der Waals surface area (Å²) in [6, 6.07) is 14.6. The van der Waals surface area contributed by atoms with Gasteiger partial charge in [-0.25, -0.2) is 0 Å². The first-order chi connectivity index (χ1) is 16.2. The molecule has 2 aliphatic heterocycles. The second-order valence-electron chi connectivity index (χ2n) is 8.90. The summed E-state index contributed by atoms with van der Waals surface area (Å²) in [6.45, 7) is 11.8. The van der Waals surface area contributed by atoms with Crippen LogP contribution in [0.4, 0.5) is 5.69 Å². The lowest BCUT2D eigenvalue weighted by Gasteiger charge is -2.37. The highest BCUT2D eigenvalue weighted by molar-refractivity contribution is 5.64. The number of hydrogen-bond donors (Lipinski definition) is 1. The van der Waals surface area contributed by atoms with Gasteiger partial charge in [-0.3, -0.25) is 4.90 Å². The van der Waals surface area contributed by atoms with Crippen LogP contribution in [0.3, 0.4) is 0 Å². The smallest absolute Gasteiger partial charge is 0.231 e. The van der Waals surface area contributed by atoms with Gasteiger partial charge in [0.15, 0.2) is 17.3 Å². The van der Waals surface area contributed by atoms with Crippen molar-refractivity contribution in [1.29, 1.82) is 0 Å². The number of ether oxygens (including phenoxy) is 2. The van der Waals surface area contributed by atoms with Gasteiger partial charge in [0.1, 0.15) is 5.69 Å². The van der Waals surface area contributed by atoms with Crippen LogP contribution < -0.4 is 19.7 Å². The predicted molar refractivity (Wildman–Crippen MR) is 129 cm³/mol. The molecule has 7 heteroatoms.